The third-order valence-corrected chi connectivity index (χ3v) is 5.55. The minimum absolute atomic E-state index is 0.0152. The Hall–Kier alpha value is -2.98. The first-order chi connectivity index (χ1) is 15.7. The Bertz CT molecular complexity index is 830. The summed E-state index contributed by atoms with van der Waals surface area (Å²) in [4.78, 5) is 66.9. The van der Waals surface area contributed by atoms with E-state index in [0.717, 1.165) is 6.42 Å². The lowest BCUT2D eigenvalue weighted by atomic mass is 9.78. The van der Waals surface area contributed by atoms with Crippen molar-refractivity contribution in [2.75, 3.05) is 6.61 Å². The standard InChI is InChI=1S/C23H30O10/c1-23(2,14-24)19(26)17-8-6-4-3-5-7-9-18(25)30-31-20(27)15-10-12-16(13-11-15)21(28)32-33-22(17)29/h10-13,17,19,24,26H,3-9,14H2,1-2H3. The van der Waals surface area contributed by atoms with Crippen molar-refractivity contribution in [2.45, 2.75) is 64.9 Å². The number of benzene rings is 1. The Morgan fingerprint density at radius 2 is 1.36 bits per heavy atom. The van der Waals surface area contributed by atoms with Crippen LogP contribution in [0.3, 0.4) is 0 Å². The molecule has 0 radical (unpaired) electrons. The molecule has 0 saturated heterocycles. The summed E-state index contributed by atoms with van der Waals surface area (Å²) in [5, 5.41) is 20.3. The topological polar surface area (TPSA) is 146 Å². The zero-order chi connectivity index (χ0) is 24.4. The highest BCUT2D eigenvalue weighted by Crippen LogP contribution is 2.30. The number of carbonyl (C=O) groups excluding carboxylic acids is 4. The summed E-state index contributed by atoms with van der Waals surface area (Å²) in [5.74, 6) is -4.51. The van der Waals surface area contributed by atoms with Crippen LogP contribution in [-0.4, -0.2) is 46.8 Å². The van der Waals surface area contributed by atoms with E-state index < -0.39 is 41.3 Å². The van der Waals surface area contributed by atoms with Gasteiger partial charge in [-0.3, -0.25) is 0 Å². The van der Waals surface area contributed by atoms with E-state index in [9.17, 15) is 29.4 Å². The van der Waals surface area contributed by atoms with Gasteiger partial charge < -0.3 is 10.2 Å². The fourth-order valence-electron chi connectivity index (χ4n) is 3.31. The zero-order valence-electron chi connectivity index (χ0n) is 18.8. The highest BCUT2D eigenvalue weighted by atomic mass is 17.2. The van der Waals surface area contributed by atoms with Gasteiger partial charge in [0.2, 0.25) is 0 Å². The lowest BCUT2D eigenvalue weighted by Crippen LogP contribution is -2.42. The molecule has 182 valence electrons. The van der Waals surface area contributed by atoms with Crippen LogP contribution in [0.4, 0.5) is 0 Å². The van der Waals surface area contributed by atoms with Crippen LogP contribution in [-0.2, 0) is 29.1 Å². The molecule has 10 heteroatoms. The highest BCUT2D eigenvalue weighted by Gasteiger charge is 2.39. The Labute approximate surface area is 191 Å². The van der Waals surface area contributed by atoms with E-state index in [1.807, 2.05) is 0 Å². The van der Waals surface area contributed by atoms with Crippen LogP contribution in [0.15, 0.2) is 24.3 Å². The molecule has 2 heterocycles. The second-order valence-corrected chi connectivity index (χ2v) is 8.68. The first-order valence-electron chi connectivity index (χ1n) is 10.9. The van der Waals surface area contributed by atoms with Crippen molar-refractivity contribution in [1.29, 1.82) is 0 Å². The molecule has 2 unspecified atom stereocenters. The van der Waals surface area contributed by atoms with E-state index in [2.05, 4.69) is 14.7 Å². The highest BCUT2D eigenvalue weighted by molar-refractivity contribution is 5.93. The Morgan fingerprint density at radius 1 is 0.848 bits per heavy atom. The Kier molecular flexibility index (Phi) is 9.80. The average molecular weight is 466 g/mol. The minimum atomic E-state index is -1.23. The fourth-order valence-corrected chi connectivity index (χ4v) is 3.31. The largest absolute Gasteiger partial charge is 0.396 e. The van der Waals surface area contributed by atoms with Gasteiger partial charge in [-0.05, 0) is 37.1 Å². The molecule has 1 aromatic carbocycles. The van der Waals surface area contributed by atoms with Crippen molar-refractivity contribution in [2.24, 2.45) is 11.3 Å². The third kappa shape index (κ3) is 7.83. The summed E-state index contributed by atoms with van der Waals surface area (Å²) < 4.78 is 0. The van der Waals surface area contributed by atoms with E-state index in [1.54, 1.807) is 13.8 Å². The zero-order valence-corrected chi connectivity index (χ0v) is 18.8. The van der Waals surface area contributed by atoms with Crippen LogP contribution in [0.25, 0.3) is 0 Å². The van der Waals surface area contributed by atoms with E-state index in [4.69, 9.17) is 4.89 Å². The van der Waals surface area contributed by atoms with Crippen molar-refractivity contribution in [3.05, 3.63) is 35.4 Å². The van der Waals surface area contributed by atoms with Crippen LogP contribution >= 0.6 is 0 Å². The maximum absolute atomic E-state index is 12.6. The van der Waals surface area contributed by atoms with Gasteiger partial charge in [-0.2, -0.15) is 0 Å². The van der Waals surface area contributed by atoms with Gasteiger partial charge in [-0.25, -0.2) is 38.7 Å². The molecule has 0 spiro atoms. The van der Waals surface area contributed by atoms with Crippen LogP contribution in [0.2, 0.25) is 0 Å². The maximum atomic E-state index is 12.6. The van der Waals surface area contributed by atoms with Gasteiger partial charge in [0, 0.05) is 5.41 Å². The lowest BCUT2D eigenvalue weighted by molar-refractivity contribution is -0.243. The Morgan fingerprint density at radius 3 is 1.94 bits per heavy atom. The molecule has 0 saturated carbocycles. The summed E-state index contributed by atoms with van der Waals surface area (Å²) in [5.41, 5.74) is -0.967. The normalized spacial score (nSPS) is 20.8. The first-order valence-corrected chi connectivity index (χ1v) is 10.9. The van der Waals surface area contributed by atoms with Crippen LogP contribution in [0.5, 0.6) is 0 Å². The average Bonchev–Trinajstić information content (AvgIpc) is 2.81. The molecule has 2 N–H and O–H groups in total. The number of fused-ring (bicyclic) bond motifs is 17. The number of aliphatic hydroxyl groups excluding tert-OH is 2. The molecule has 2 atom stereocenters. The predicted octanol–water partition coefficient (Wildman–Crippen LogP) is 2.66. The summed E-state index contributed by atoms with van der Waals surface area (Å²) in [6, 6.07) is 4.99. The van der Waals surface area contributed by atoms with Gasteiger partial charge in [0.1, 0.15) is 0 Å². The quantitative estimate of drug-likeness (QED) is 0.637. The van der Waals surface area contributed by atoms with E-state index in [-0.39, 0.29) is 30.6 Å². The van der Waals surface area contributed by atoms with Crippen molar-refractivity contribution >= 4 is 23.9 Å². The molecule has 2 aliphatic rings. The van der Waals surface area contributed by atoms with Gasteiger partial charge in [0.25, 0.3) is 0 Å². The number of aliphatic hydroxyl groups is 2. The van der Waals surface area contributed by atoms with Crippen LogP contribution in [0.1, 0.15) is 79.5 Å². The maximum Gasteiger partial charge on any atom is 0.386 e. The molecular weight excluding hydrogens is 436 g/mol. The van der Waals surface area contributed by atoms with Crippen LogP contribution in [0, 0.1) is 11.3 Å². The summed E-state index contributed by atoms with van der Waals surface area (Å²) in [7, 11) is 0. The molecular formula is C23H30O10. The molecule has 2 aliphatic heterocycles. The monoisotopic (exact) mass is 466 g/mol. The summed E-state index contributed by atoms with van der Waals surface area (Å²) in [6.07, 6.45) is 2.39. The molecule has 33 heavy (non-hydrogen) atoms. The number of hydrogen-bond donors (Lipinski definition) is 2. The second kappa shape index (κ2) is 12.3. The molecule has 0 amide bonds. The van der Waals surface area contributed by atoms with Crippen molar-refractivity contribution in [3.63, 3.8) is 0 Å². The smallest absolute Gasteiger partial charge is 0.386 e. The minimum Gasteiger partial charge on any atom is -0.396 e. The molecule has 2 bridgehead atoms. The summed E-state index contributed by atoms with van der Waals surface area (Å²) in [6.45, 7) is 2.86. The van der Waals surface area contributed by atoms with Gasteiger partial charge in [0.05, 0.1) is 36.2 Å². The molecule has 0 aliphatic carbocycles. The number of carbonyl (C=O) groups is 4. The lowest BCUT2D eigenvalue weighted by Gasteiger charge is -2.32. The number of rotatable bonds is 3. The van der Waals surface area contributed by atoms with Gasteiger partial charge in [-0.1, -0.05) is 39.5 Å². The molecule has 0 fully saturated rings. The van der Waals surface area contributed by atoms with E-state index >= 15 is 0 Å². The predicted molar refractivity (Wildman–Crippen MR) is 112 cm³/mol. The van der Waals surface area contributed by atoms with Crippen LogP contribution < -0.4 is 0 Å². The van der Waals surface area contributed by atoms with Crippen molar-refractivity contribution in [1.82, 2.24) is 0 Å². The first kappa shape index (κ1) is 26.3. The van der Waals surface area contributed by atoms with Crippen molar-refractivity contribution in [3.8, 4) is 0 Å². The SMILES string of the molecule is CC(C)(CO)C(O)C1CCCCCCCC(=O)OOC(=O)c2ccc(cc2)C(=O)OOC1=O. The summed E-state index contributed by atoms with van der Waals surface area (Å²) >= 11 is 0. The van der Waals surface area contributed by atoms with Gasteiger partial charge in [0.15, 0.2) is 0 Å². The Balaban J connectivity index is 2.16. The van der Waals surface area contributed by atoms with Crippen molar-refractivity contribution < 1.29 is 48.9 Å². The third-order valence-electron chi connectivity index (χ3n) is 5.55. The molecule has 0 aromatic heterocycles. The molecule has 3 rings (SSSR count). The fraction of sp³-hybridized carbons (Fsp3) is 0.565. The van der Waals surface area contributed by atoms with E-state index in [1.165, 1.54) is 24.3 Å². The second-order valence-electron chi connectivity index (χ2n) is 8.68. The van der Waals surface area contributed by atoms with E-state index in [0.29, 0.717) is 25.7 Å². The molecule has 10 nitrogen and oxygen atoms in total. The number of hydrogen-bond acceptors (Lipinski definition) is 10. The van der Waals surface area contributed by atoms with Gasteiger partial charge >= 0.3 is 23.9 Å². The molecule has 1 aromatic rings. The van der Waals surface area contributed by atoms with Gasteiger partial charge in [-0.15, -0.1) is 0 Å².